The van der Waals surface area contributed by atoms with Crippen molar-refractivity contribution in [1.29, 1.82) is 0 Å². The van der Waals surface area contributed by atoms with Crippen LogP contribution in [0.1, 0.15) is 32.0 Å². The first-order chi connectivity index (χ1) is 17.7. The van der Waals surface area contributed by atoms with Crippen LogP contribution in [0.4, 0.5) is 17.5 Å². The van der Waals surface area contributed by atoms with Crippen molar-refractivity contribution in [2.24, 2.45) is 5.92 Å². The molecule has 3 heterocycles. The van der Waals surface area contributed by atoms with E-state index < -0.39 is 0 Å². The largest absolute Gasteiger partial charge is 0.490 e. The number of carbonyl (C=O) groups excluding carboxylic acids is 2. The predicted octanol–water partition coefficient (Wildman–Crippen LogP) is 3.85. The molecule has 196 valence electrons. The normalized spacial score (nSPS) is 13.7. The van der Waals surface area contributed by atoms with Crippen molar-refractivity contribution < 1.29 is 14.3 Å². The molecule has 11 heteroatoms. The van der Waals surface area contributed by atoms with E-state index >= 15 is 0 Å². The molecule has 2 N–H and O–H groups in total. The Bertz CT molecular complexity index is 1250. The number of piperazine rings is 1. The minimum absolute atomic E-state index is 0.0296. The molecule has 1 aliphatic rings. The van der Waals surface area contributed by atoms with E-state index in [-0.39, 0.29) is 17.6 Å². The average Bonchev–Trinajstić information content (AvgIpc) is 3.28. The Morgan fingerprint density at radius 3 is 2.41 bits per heavy atom. The van der Waals surface area contributed by atoms with Crippen molar-refractivity contribution in [2.45, 2.75) is 44.2 Å². The molecule has 1 aromatic carbocycles. The van der Waals surface area contributed by atoms with Crippen LogP contribution in [0, 0.1) is 12.8 Å². The number of aromatic nitrogens is 4. The highest BCUT2D eigenvalue weighted by Crippen LogP contribution is 2.38. The smallest absolute Gasteiger partial charge is 0.225 e. The molecule has 0 saturated carbocycles. The number of ketones is 1. The van der Waals surface area contributed by atoms with E-state index in [2.05, 4.69) is 20.4 Å². The van der Waals surface area contributed by atoms with E-state index in [1.54, 1.807) is 14.0 Å². The number of benzene rings is 1. The van der Waals surface area contributed by atoms with E-state index in [1.165, 1.54) is 11.8 Å². The van der Waals surface area contributed by atoms with Crippen molar-refractivity contribution >= 4 is 40.9 Å². The van der Waals surface area contributed by atoms with Gasteiger partial charge in [-0.05, 0) is 43.3 Å². The lowest BCUT2D eigenvalue weighted by Gasteiger charge is -2.36. The maximum atomic E-state index is 12.5. The lowest BCUT2D eigenvalue weighted by molar-refractivity contribution is -0.134. The van der Waals surface area contributed by atoms with Gasteiger partial charge in [0.1, 0.15) is 5.78 Å². The molecule has 1 aliphatic heterocycles. The Labute approximate surface area is 221 Å². The molecule has 0 unspecified atom stereocenters. The number of nitrogens with zero attached hydrogens (tertiary/aromatic N) is 5. The van der Waals surface area contributed by atoms with Gasteiger partial charge in [-0.1, -0.05) is 26.0 Å². The molecule has 0 spiro atoms. The van der Waals surface area contributed by atoms with Crippen LogP contribution < -0.4 is 15.0 Å². The Kier molecular flexibility index (Phi) is 8.32. The number of hydrogen-bond acceptors (Lipinski definition) is 9. The fourth-order valence-electron chi connectivity index (χ4n) is 4.13. The molecule has 0 bridgehead atoms. The SMILES string of the molecule is COc1c(Nc2cc(C)[nH]n2)nc(Sc2ccc(CC(C)=O)cc2)nc1N1CCN(C(=O)C(C)C)CC1. The van der Waals surface area contributed by atoms with E-state index in [1.807, 2.05) is 56.0 Å². The van der Waals surface area contributed by atoms with Crippen LogP contribution in [0.5, 0.6) is 5.75 Å². The third-order valence-electron chi connectivity index (χ3n) is 5.95. The van der Waals surface area contributed by atoms with E-state index in [0.717, 1.165) is 16.2 Å². The van der Waals surface area contributed by atoms with Gasteiger partial charge in [0.05, 0.1) is 7.11 Å². The molecule has 1 amide bonds. The molecule has 10 nitrogen and oxygen atoms in total. The molecule has 0 radical (unpaired) electrons. The Hall–Kier alpha value is -3.60. The molecule has 3 aromatic rings. The summed E-state index contributed by atoms with van der Waals surface area (Å²) in [7, 11) is 1.60. The second-order valence-corrected chi connectivity index (χ2v) is 10.4. The Morgan fingerprint density at radius 1 is 1.14 bits per heavy atom. The van der Waals surface area contributed by atoms with Crippen LogP contribution in [0.2, 0.25) is 0 Å². The summed E-state index contributed by atoms with van der Waals surface area (Å²) in [5.41, 5.74) is 1.89. The fourth-order valence-corrected chi connectivity index (χ4v) is 4.88. The van der Waals surface area contributed by atoms with Crippen LogP contribution in [0.15, 0.2) is 40.4 Å². The number of anilines is 3. The van der Waals surface area contributed by atoms with Gasteiger partial charge in [0, 0.05) is 55.2 Å². The van der Waals surface area contributed by atoms with Gasteiger partial charge in [-0.25, -0.2) is 9.97 Å². The minimum Gasteiger partial charge on any atom is -0.490 e. The van der Waals surface area contributed by atoms with Crippen LogP contribution >= 0.6 is 11.8 Å². The van der Waals surface area contributed by atoms with Crippen molar-refractivity contribution in [1.82, 2.24) is 25.1 Å². The average molecular weight is 524 g/mol. The highest BCUT2D eigenvalue weighted by molar-refractivity contribution is 7.99. The summed E-state index contributed by atoms with van der Waals surface area (Å²) in [6.07, 6.45) is 0.413. The summed E-state index contributed by atoms with van der Waals surface area (Å²) in [6.45, 7) is 9.86. The van der Waals surface area contributed by atoms with Gasteiger partial charge < -0.3 is 19.9 Å². The zero-order valence-corrected chi connectivity index (χ0v) is 22.7. The molecule has 1 saturated heterocycles. The van der Waals surface area contributed by atoms with Gasteiger partial charge in [0.25, 0.3) is 0 Å². The number of methoxy groups -OCH3 is 1. The highest BCUT2D eigenvalue weighted by atomic mass is 32.2. The Morgan fingerprint density at radius 2 is 1.84 bits per heavy atom. The molecule has 0 atom stereocenters. The minimum atomic E-state index is -0.0296. The second kappa shape index (κ2) is 11.6. The quantitative estimate of drug-likeness (QED) is 0.403. The van der Waals surface area contributed by atoms with Gasteiger partial charge >= 0.3 is 0 Å². The number of aryl methyl sites for hydroxylation is 1. The lowest BCUT2D eigenvalue weighted by atomic mass is 10.1. The molecule has 4 rings (SSSR count). The number of H-pyrrole nitrogens is 1. The van der Waals surface area contributed by atoms with Gasteiger partial charge in [0.15, 0.2) is 22.6 Å². The molecular weight excluding hydrogens is 490 g/mol. The zero-order chi connectivity index (χ0) is 26.5. The van der Waals surface area contributed by atoms with E-state index in [0.29, 0.717) is 61.0 Å². The van der Waals surface area contributed by atoms with Gasteiger partial charge in [-0.15, -0.1) is 0 Å². The Balaban J connectivity index is 1.64. The third-order valence-corrected chi connectivity index (χ3v) is 6.83. The number of aromatic amines is 1. The van der Waals surface area contributed by atoms with E-state index in [9.17, 15) is 9.59 Å². The van der Waals surface area contributed by atoms with Gasteiger partial charge in [0.2, 0.25) is 11.7 Å². The highest BCUT2D eigenvalue weighted by Gasteiger charge is 2.27. The number of ether oxygens (including phenoxy) is 1. The van der Waals surface area contributed by atoms with Crippen LogP contribution in [-0.4, -0.2) is 70.0 Å². The van der Waals surface area contributed by atoms with Crippen LogP contribution in [-0.2, 0) is 16.0 Å². The maximum absolute atomic E-state index is 12.5. The summed E-state index contributed by atoms with van der Waals surface area (Å²) < 4.78 is 5.79. The van der Waals surface area contributed by atoms with Crippen molar-refractivity contribution in [3.8, 4) is 5.75 Å². The molecule has 0 aliphatic carbocycles. The number of rotatable bonds is 9. The van der Waals surface area contributed by atoms with E-state index in [4.69, 9.17) is 14.7 Å². The topological polar surface area (TPSA) is 116 Å². The number of nitrogens with one attached hydrogen (secondary N) is 2. The van der Waals surface area contributed by atoms with Crippen molar-refractivity contribution in [2.75, 3.05) is 43.5 Å². The first kappa shape index (κ1) is 26.5. The standard InChI is InChI=1S/C26H33N7O3S/c1-16(2)25(35)33-12-10-32(11-13-33)24-22(36-5)23(27-21-14-17(3)30-31-21)28-26(29-24)37-20-8-6-19(7-9-20)15-18(4)34/h6-9,14,16H,10-13,15H2,1-5H3,(H2,27,28,29,30,31). The molecule has 1 fully saturated rings. The number of carbonyl (C=O) groups is 2. The monoisotopic (exact) mass is 523 g/mol. The summed E-state index contributed by atoms with van der Waals surface area (Å²) in [6, 6.07) is 9.72. The zero-order valence-electron chi connectivity index (χ0n) is 21.9. The second-order valence-electron chi connectivity index (χ2n) is 9.36. The van der Waals surface area contributed by atoms with Crippen molar-refractivity contribution in [3.05, 3.63) is 41.6 Å². The van der Waals surface area contributed by atoms with Gasteiger partial charge in [-0.3, -0.25) is 14.7 Å². The fraction of sp³-hybridized carbons (Fsp3) is 0.423. The van der Waals surface area contributed by atoms with Crippen LogP contribution in [0.25, 0.3) is 0 Å². The summed E-state index contributed by atoms with van der Waals surface area (Å²) in [4.78, 5) is 38.5. The summed E-state index contributed by atoms with van der Waals surface area (Å²) in [5, 5.41) is 11.0. The number of hydrogen-bond donors (Lipinski definition) is 2. The summed E-state index contributed by atoms with van der Waals surface area (Å²) in [5.74, 6) is 2.58. The lowest BCUT2D eigenvalue weighted by Crippen LogP contribution is -2.50. The third kappa shape index (κ3) is 6.59. The molecular formula is C26H33N7O3S. The number of Topliss-reactive ketones (excluding diaryl/α,β-unsaturated/α-hetero) is 1. The molecule has 2 aromatic heterocycles. The van der Waals surface area contributed by atoms with Crippen molar-refractivity contribution in [3.63, 3.8) is 0 Å². The maximum Gasteiger partial charge on any atom is 0.225 e. The first-order valence-corrected chi connectivity index (χ1v) is 13.1. The van der Waals surface area contributed by atoms with Crippen LogP contribution in [0.3, 0.4) is 0 Å². The van der Waals surface area contributed by atoms with Gasteiger partial charge in [-0.2, -0.15) is 5.10 Å². The summed E-state index contributed by atoms with van der Waals surface area (Å²) >= 11 is 1.43. The number of amides is 1. The first-order valence-electron chi connectivity index (χ1n) is 12.3. The molecule has 37 heavy (non-hydrogen) atoms. The predicted molar refractivity (Wildman–Crippen MR) is 144 cm³/mol.